The van der Waals surface area contributed by atoms with Crippen molar-refractivity contribution < 1.29 is 9.53 Å². The fourth-order valence-electron chi connectivity index (χ4n) is 2.00. The maximum atomic E-state index is 11.7. The molecule has 2 aromatic carbocycles. The van der Waals surface area contributed by atoms with Crippen molar-refractivity contribution in [1.82, 2.24) is 5.32 Å². The van der Waals surface area contributed by atoms with Crippen LogP contribution in [0.15, 0.2) is 42.5 Å². The summed E-state index contributed by atoms with van der Waals surface area (Å²) < 4.78 is 5.13. The Labute approximate surface area is 119 Å². The number of rotatable bonds is 6. The number of ether oxygens (including phenoxy) is 1. The van der Waals surface area contributed by atoms with Gasteiger partial charge in [-0.25, -0.2) is 4.79 Å². The highest BCUT2D eigenvalue weighted by Gasteiger charge is 2.05. The van der Waals surface area contributed by atoms with E-state index < -0.39 is 6.09 Å². The molecule has 2 N–H and O–H groups in total. The van der Waals surface area contributed by atoms with E-state index in [0.29, 0.717) is 13.2 Å². The van der Waals surface area contributed by atoms with E-state index in [9.17, 15) is 4.79 Å². The van der Waals surface area contributed by atoms with E-state index in [2.05, 4.69) is 17.6 Å². The SMILES string of the molecule is CCCNCCOC(=O)Nc1cccc2ccccc12. The fraction of sp³-hybridized carbons (Fsp3) is 0.312. The highest BCUT2D eigenvalue weighted by atomic mass is 16.5. The van der Waals surface area contributed by atoms with Crippen molar-refractivity contribution in [3.63, 3.8) is 0 Å². The van der Waals surface area contributed by atoms with Crippen LogP contribution in [0.2, 0.25) is 0 Å². The normalized spacial score (nSPS) is 10.4. The van der Waals surface area contributed by atoms with Crippen molar-refractivity contribution >= 4 is 22.6 Å². The lowest BCUT2D eigenvalue weighted by molar-refractivity contribution is 0.162. The molecule has 0 atom stereocenters. The minimum absolute atomic E-state index is 0.372. The molecule has 0 aliphatic heterocycles. The third kappa shape index (κ3) is 3.96. The lowest BCUT2D eigenvalue weighted by Gasteiger charge is -2.09. The summed E-state index contributed by atoms with van der Waals surface area (Å²) in [6.45, 7) is 4.09. The Kier molecular flexibility index (Phi) is 5.38. The van der Waals surface area contributed by atoms with Crippen LogP contribution in [0.5, 0.6) is 0 Å². The number of amides is 1. The summed E-state index contributed by atoms with van der Waals surface area (Å²) in [6, 6.07) is 13.7. The molecule has 0 aliphatic rings. The Hall–Kier alpha value is -2.07. The fourth-order valence-corrected chi connectivity index (χ4v) is 2.00. The first-order valence-electron chi connectivity index (χ1n) is 6.93. The number of hydrogen-bond acceptors (Lipinski definition) is 3. The summed E-state index contributed by atoms with van der Waals surface area (Å²) in [4.78, 5) is 11.7. The Morgan fingerprint density at radius 1 is 1.10 bits per heavy atom. The first-order valence-corrected chi connectivity index (χ1v) is 6.93. The molecule has 4 nitrogen and oxygen atoms in total. The Morgan fingerprint density at radius 2 is 1.90 bits per heavy atom. The smallest absolute Gasteiger partial charge is 0.411 e. The van der Waals surface area contributed by atoms with Crippen molar-refractivity contribution in [1.29, 1.82) is 0 Å². The molecule has 2 rings (SSSR count). The van der Waals surface area contributed by atoms with Gasteiger partial charge >= 0.3 is 6.09 Å². The van der Waals surface area contributed by atoms with Gasteiger partial charge in [-0.05, 0) is 24.4 Å². The molecule has 0 fully saturated rings. The number of nitrogens with one attached hydrogen (secondary N) is 2. The molecule has 0 bridgehead atoms. The Bertz CT molecular complexity index is 564. The largest absolute Gasteiger partial charge is 0.448 e. The molecule has 4 heteroatoms. The van der Waals surface area contributed by atoms with Gasteiger partial charge in [-0.3, -0.25) is 5.32 Å². The lowest BCUT2D eigenvalue weighted by atomic mass is 10.1. The van der Waals surface area contributed by atoms with Gasteiger partial charge in [0.2, 0.25) is 0 Å². The zero-order valence-electron chi connectivity index (χ0n) is 11.7. The highest BCUT2D eigenvalue weighted by Crippen LogP contribution is 2.22. The van der Waals surface area contributed by atoms with Crippen molar-refractivity contribution in [3.05, 3.63) is 42.5 Å². The summed E-state index contributed by atoms with van der Waals surface area (Å²) in [5, 5.41) is 8.07. The van der Waals surface area contributed by atoms with E-state index in [1.54, 1.807) is 0 Å². The number of carbonyl (C=O) groups excluding carboxylic acids is 1. The van der Waals surface area contributed by atoms with Crippen molar-refractivity contribution in [2.24, 2.45) is 0 Å². The molecule has 0 saturated heterocycles. The number of benzene rings is 2. The van der Waals surface area contributed by atoms with Crippen LogP contribution < -0.4 is 10.6 Å². The summed E-state index contributed by atoms with van der Waals surface area (Å²) in [5.41, 5.74) is 0.773. The van der Waals surface area contributed by atoms with Gasteiger partial charge in [-0.1, -0.05) is 43.3 Å². The van der Waals surface area contributed by atoms with Crippen LogP contribution in [0.4, 0.5) is 10.5 Å². The van der Waals surface area contributed by atoms with Gasteiger partial charge in [-0.2, -0.15) is 0 Å². The first-order chi connectivity index (χ1) is 9.81. The molecule has 0 radical (unpaired) electrons. The zero-order valence-corrected chi connectivity index (χ0v) is 11.7. The Morgan fingerprint density at radius 3 is 2.75 bits per heavy atom. The molecule has 1 amide bonds. The maximum absolute atomic E-state index is 11.7. The molecule has 2 aromatic rings. The molecule has 0 aromatic heterocycles. The van der Waals surface area contributed by atoms with E-state index in [1.165, 1.54) is 0 Å². The van der Waals surface area contributed by atoms with Crippen molar-refractivity contribution in [2.45, 2.75) is 13.3 Å². The molecule has 0 saturated carbocycles. The van der Waals surface area contributed by atoms with Crippen molar-refractivity contribution in [2.75, 3.05) is 25.0 Å². The van der Waals surface area contributed by atoms with Crippen LogP contribution in [0.25, 0.3) is 10.8 Å². The molecule has 106 valence electrons. The van der Waals surface area contributed by atoms with Gasteiger partial charge in [0.25, 0.3) is 0 Å². The number of hydrogen-bond donors (Lipinski definition) is 2. The van der Waals surface area contributed by atoms with Crippen LogP contribution in [0, 0.1) is 0 Å². The summed E-state index contributed by atoms with van der Waals surface area (Å²) >= 11 is 0. The second-order valence-electron chi connectivity index (χ2n) is 4.54. The molecule has 0 heterocycles. The molecule has 20 heavy (non-hydrogen) atoms. The van der Waals surface area contributed by atoms with Crippen LogP contribution in [0.1, 0.15) is 13.3 Å². The summed E-state index contributed by atoms with van der Waals surface area (Å²) in [7, 11) is 0. The molecular formula is C16H20N2O2. The Balaban J connectivity index is 1.90. The van der Waals surface area contributed by atoms with E-state index in [-0.39, 0.29) is 0 Å². The predicted molar refractivity (Wildman–Crippen MR) is 82.1 cm³/mol. The second-order valence-corrected chi connectivity index (χ2v) is 4.54. The molecule has 0 spiro atoms. The lowest BCUT2D eigenvalue weighted by Crippen LogP contribution is -2.23. The van der Waals surface area contributed by atoms with Gasteiger partial charge < -0.3 is 10.1 Å². The highest BCUT2D eigenvalue weighted by molar-refractivity contribution is 6.00. The quantitative estimate of drug-likeness (QED) is 0.792. The van der Waals surface area contributed by atoms with Crippen molar-refractivity contribution in [3.8, 4) is 0 Å². The minimum Gasteiger partial charge on any atom is -0.448 e. The van der Waals surface area contributed by atoms with Gasteiger partial charge in [0, 0.05) is 11.9 Å². The van der Waals surface area contributed by atoms with Crippen LogP contribution >= 0.6 is 0 Å². The minimum atomic E-state index is -0.417. The van der Waals surface area contributed by atoms with E-state index in [1.807, 2.05) is 42.5 Å². The molecular weight excluding hydrogens is 252 g/mol. The van der Waals surface area contributed by atoms with Gasteiger partial charge in [0.15, 0.2) is 0 Å². The zero-order chi connectivity index (χ0) is 14.2. The van der Waals surface area contributed by atoms with Crippen LogP contribution in [-0.2, 0) is 4.74 Å². The standard InChI is InChI=1S/C16H20N2O2/c1-2-10-17-11-12-20-16(19)18-15-9-5-7-13-6-3-4-8-14(13)15/h3-9,17H,2,10-12H2,1H3,(H,18,19). The van der Waals surface area contributed by atoms with Gasteiger partial charge in [0.05, 0.1) is 5.69 Å². The summed E-state index contributed by atoms with van der Waals surface area (Å²) in [5.74, 6) is 0. The summed E-state index contributed by atoms with van der Waals surface area (Å²) in [6.07, 6.45) is 0.655. The van der Waals surface area contributed by atoms with Crippen LogP contribution in [-0.4, -0.2) is 25.8 Å². The average Bonchev–Trinajstić information content (AvgIpc) is 2.47. The van der Waals surface area contributed by atoms with Gasteiger partial charge in [-0.15, -0.1) is 0 Å². The second kappa shape index (κ2) is 7.50. The van der Waals surface area contributed by atoms with E-state index in [0.717, 1.165) is 29.4 Å². The van der Waals surface area contributed by atoms with E-state index in [4.69, 9.17) is 4.74 Å². The predicted octanol–water partition coefficient (Wildman–Crippen LogP) is 3.39. The number of fused-ring (bicyclic) bond motifs is 1. The van der Waals surface area contributed by atoms with Gasteiger partial charge in [0.1, 0.15) is 6.61 Å². The topological polar surface area (TPSA) is 50.4 Å². The number of anilines is 1. The third-order valence-electron chi connectivity index (χ3n) is 2.97. The monoisotopic (exact) mass is 272 g/mol. The van der Waals surface area contributed by atoms with E-state index >= 15 is 0 Å². The maximum Gasteiger partial charge on any atom is 0.411 e. The third-order valence-corrected chi connectivity index (χ3v) is 2.97. The van der Waals surface area contributed by atoms with Crippen LogP contribution in [0.3, 0.4) is 0 Å². The number of carbonyl (C=O) groups is 1. The molecule has 0 aliphatic carbocycles. The molecule has 0 unspecified atom stereocenters. The average molecular weight is 272 g/mol. The first kappa shape index (κ1) is 14.3.